The van der Waals surface area contributed by atoms with E-state index >= 15 is 0 Å². The van der Waals surface area contributed by atoms with Gasteiger partial charge in [0.15, 0.2) is 0 Å². The summed E-state index contributed by atoms with van der Waals surface area (Å²) in [7, 11) is 2.18. The van der Waals surface area contributed by atoms with Crippen molar-refractivity contribution in [3.8, 4) is 11.1 Å². The predicted molar refractivity (Wildman–Crippen MR) is 107 cm³/mol. The number of fused-ring (bicyclic) bond motifs is 1. The predicted octanol–water partition coefficient (Wildman–Crippen LogP) is 1.81. The fraction of sp³-hybridized carbons (Fsp3) is 0.316. The zero-order chi connectivity index (χ0) is 17.9. The average molecular weight is 386 g/mol. The van der Waals surface area contributed by atoms with Crippen molar-refractivity contribution in [2.45, 2.75) is 5.03 Å². The molecule has 26 heavy (non-hydrogen) atoms. The Kier molecular flexibility index (Phi) is 5.19. The number of likely N-dealkylation sites (N-methyl/N-ethyl adjacent to an activating group) is 1. The first-order chi connectivity index (χ1) is 12.7. The zero-order valence-corrected chi connectivity index (χ0v) is 16.3. The van der Waals surface area contributed by atoms with E-state index in [9.17, 15) is 4.79 Å². The maximum Gasteiger partial charge on any atom is 0.233 e. The Morgan fingerprint density at radius 3 is 2.77 bits per heavy atom. The molecule has 1 N–H and O–H groups in total. The maximum atomic E-state index is 12.6. The molecule has 0 radical (unpaired) electrons. The molecule has 1 amide bonds. The van der Waals surface area contributed by atoms with Gasteiger partial charge in [0.2, 0.25) is 5.91 Å². The van der Waals surface area contributed by atoms with Crippen LogP contribution >= 0.6 is 23.1 Å². The number of piperazine rings is 1. The quantitative estimate of drug-likeness (QED) is 0.550. The van der Waals surface area contributed by atoms with E-state index < -0.39 is 0 Å². The van der Waals surface area contributed by atoms with Gasteiger partial charge in [-0.15, -0.1) is 11.3 Å². The number of carbonyl (C=O) groups is 1. The van der Waals surface area contributed by atoms with Crippen LogP contribution in [0.25, 0.3) is 21.3 Å². The Hall–Kier alpha value is -1.96. The molecule has 0 bridgehead atoms. The summed E-state index contributed by atoms with van der Waals surface area (Å²) in [5.74, 6) is 0.626. The number of carbonyl (C=O) groups excluding carboxylic acids is 1. The molecule has 1 fully saturated rings. The van der Waals surface area contributed by atoms with Gasteiger partial charge in [0.25, 0.3) is 0 Å². The highest BCUT2D eigenvalue weighted by Crippen LogP contribution is 2.37. The van der Waals surface area contributed by atoms with Crippen molar-refractivity contribution in [1.29, 1.82) is 0 Å². The van der Waals surface area contributed by atoms with Crippen LogP contribution in [0.3, 0.4) is 0 Å². The molecule has 1 saturated heterocycles. The van der Waals surface area contributed by atoms with Gasteiger partial charge in [0.1, 0.15) is 16.2 Å². The van der Waals surface area contributed by atoms with E-state index in [1.54, 1.807) is 17.7 Å². The maximum absolute atomic E-state index is 12.6. The van der Waals surface area contributed by atoms with E-state index in [-0.39, 0.29) is 5.91 Å². The van der Waals surface area contributed by atoms with Crippen molar-refractivity contribution >= 4 is 39.2 Å². The van der Waals surface area contributed by atoms with Crippen LogP contribution in [0.2, 0.25) is 0 Å². The molecule has 1 aromatic carbocycles. The van der Waals surface area contributed by atoms with Gasteiger partial charge >= 0.3 is 0 Å². The number of aromatic nitrogens is 2. The van der Waals surface area contributed by atoms with E-state index in [4.69, 9.17) is 0 Å². The minimum Gasteiger partial charge on any atom is -0.334 e. The molecule has 0 saturated carbocycles. The Morgan fingerprint density at radius 2 is 2.00 bits per heavy atom. The van der Waals surface area contributed by atoms with Crippen molar-refractivity contribution in [3.05, 3.63) is 42.0 Å². The molecule has 1 aliphatic rings. The van der Waals surface area contributed by atoms with Gasteiger partial charge in [-0.3, -0.25) is 4.79 Å². The van der Waals surface area contributed by atoms with Crippen molar-refractivity contribution in [2.75, 3.05) is 39.0 Å². The summed E-state index contributed by atoms with van der Waals surface area (Å²) in [4.78, 5) is 25.9. The minimum atomic E-state index is 0.200. The molecule has 2 aromatic heterocycles. The first-order valence-corrected chi connectivity index (χ1v) is 10.6. The highest BCUT2D eigenvalue weighted by atomic mass is 32.2. The first-order valence-electron chi connectivity index (χ1n) is 8.72. The summed E-state index contributed by atoms with van der Waals surface area (Å²) in [6, 6.07) is 10.3. The normalized spacial score (nSPS) is 15.5. The zero-order valence-electron chi connectivity index (χ0n) is 14.6. The lowest BCUT2D eigenvalue weighted by molar-refractivity contribution is -0.883. The van der Waals surface area contributed by atoms with E-state index in [2.05, 4.69) is 34.5 Å². The first kappa shape index (κ1) is 17.5. The number of thioether (sulfide) groups is 1. The van der Waals surface area contributed by atoms with Crippen molar-refractivity contribution in [2.24, 2.45) is 0 Å². The summed E-state index contributed by atoms with van der Waals surface area (Å²) in [6.07, 6.45) is 1.60. The number of rotatable bonds is 4. The van der Waals surface area contributed by atoms with Crippen molar-refractivity contribution in [3.63, 3.8) is 0 Å². The number of nitrogens with one attached hydrogen (secondary N) is 1. The molecule has 134 valence electrons. The Labute approximate surface area is 161 Å². The lowest BCUT2D eigenvalue weighted by Gasteiger charge is -2.30. The lowest BCUT2D eigenvalue weighted by atomic mass is 10.1. The van der Waals surface area contributed by atoms with Crippen molar-refractivity contribution < 1.29 is 9.69 Å². The van der Waals surface area contributed by atoms with Crippen LogP contribution in [0.1, 0.15) is 0 Å². The smallest absolute Gasteiger partial charge is 0.233 e. The summed E-state index contributed by atoms with van der Waals surface area (Å²) in [5.41, 5.74) is 2.30. The van der Waals surface area contributed by atoms with E-state index in [0.717, 1.165) is 52.5 Å². The molecule has 1 aliphatic heterocycles. The number of hydrogen-bond donors (Lipinski definition) is 1. The Morgan fingerprint density at radius 1 is 1.23 bits per heavy atom. The summed E-state index contributed by atoms with van der Waals surface area (Å²) < 4.78 is 0. The molecule has 0 aliphatic carbocycles. The Bertz CT molecular complexity index is 904. The summed E-state index contributed by atoms with van der Waals surface area (Å²) in [6.45, 7) is 3.74. The van der Waals surface area contributed by atoms with Gasteiger partial charge in [-0.2, -0.15) is 0 Å². The molecular formula is C19H21N4OS2+. The third kappa shape index (κ3) is 3.60. The van der Waals surface area contributed by atoms with Gasteiger partial charge in [-0.25, -0.2) is 9.97 Å². The van der Waals surface area contributed by atoms with E-state index in [1.807, 2.05) is 23.1 Å². The summed E-state index contributed by atoms with van der Waals surface area (Å²) in [5, 5.41) is 4.08. The van der Waals surface area contributed by atoms with Crippen LogP contribution in [0.5, 0.6) is 0 Å². The third-order valence-corrected chi connectivity index (χ3v) is 6.58. The molecule has 7 heteroatoms. The van der Waals surface area contributed by atoms with Gasteiger partial charge in [-0.1, -0.05) is 42.1 Å². The lowest BCUT2D eigenvalue weighted by Crippen LogP contribution is -3.12. The van der Waals surface area contributed by atoms with Gasteiger partial charge in [-0.05, 0) is 5.56 Å². The number of thiophene rings is 1. The number of amides is 1. The SMILES string of the molecule is C[NH+]1CCN(C(=O)CSc2ncnc3scc(-c4ccccc4)c23)CC1. The highest BCUT2D eigenvalue weighted by molar-refractivity contribution is 8.00. The second kappa shape index (κ2) is 7.73. The topological polar surface area (TPSA) is 50.5 Å². The fourth-order valence-electron chi connectivity index (χ4n) is 3.15. The monoisotopic (exact) mass is 385 g/mol. The van der Waals surface area contributed by atoms with Gasteiger partial charge < -0.3 is 9.80 Å². The van der Waals surface area contributed by atoms with Crippen LogP contribution < -0.4 is 4.90 Å². The molecule has 3 heterocycles. The summed E-state index contributed by atoms with van der Waals surface area (Å²) >= 11 is 3.15. The van der Waals surface area contributed by atoms with E-state index in [0.29, 0.717) is 5.75 Å². The molecular weight excluding hydrogens is 364 g/mol. The van der Waals surface area contributed by atoms with Crippen LogP contribution in [-0.4, -0.2) is 59.8 Å². The average Bonchev–Trinajstić information content (AvgIpc) is 3.12. The molecule has 0 spiro atoms. The number of nitrogens with zero attached hydrogens (tertiary/aromatic N) is 3. The van der Waals surface area contributed by atoms with Crippen molar-refractivity contribution in [1.82, 2.24) is 14.9 Å². The standard InChI is InChI=1S/C19H20N4OS2/c1-22-7-9-23(10-8-22)16(24)12-26-19-17-15(14-5-3-2-4-6-14)11-25-18(17)20-13-21-19/h2-6,11,13H,7-10,12H2,1H3/p+1. The van der Waals surface area contributed by atoms with Crippen LogP contribution in [-0.2, 0) is 4.79 Å². The molecule has 0 atom stereocenters. The second-order valence-electron chi connectivity index (χ2n) is 6.50. The second-order valence-corrected chi connectivity index (χ2v) is 8.32. The fourth-order valence-corrected chi connectivity index (χ4v) is 5.04. The van der Waals surface area contributed by atoms with Crippen LogP contribution in [0.15, 0.2) is 47.1 Å². The largest absolute Gasteiger partial charge is 0.334 e. The Balaban J connectivity index is 1.55. The number of quaternary nitrogens is 1. The number of hydrogen-bond acceptors (Lipinski definition) is 5. The minimum absolute atomic E-state index is 0.200. The third-order valence-electron chi connectivity index (χ3n) is 4.72. The molecule has 5 nitrogen and oxygen atoms in total. The van der Waals surface area contributed by atoms with E-state index in [1.165, 1.54) is 16.7 Å². The van der Waals surface area contributed by atoms with Crippen LogP contribution in [0, 0.1) is 0 Å². The van der Waals surface area contributed by atoms with Gasteiger partial charge in [0, 0.05) is 10.9 Å². The highest BCUT2D eigenvalue weighted by Gasteiger charge is 2.22. The van der Waals surface area contributed by atoms with Gasteiger partial charge in [0.05, 0.1) is 44.4 Å². The molecule has 0 unspecified atom stereocenters. The number of benzene rings is 1. The van der Waals surface area contributed by atoms with Crippen LogP contribution in [0.4, 0.5) is 0 Å². The molecule has 4 rings (SSSR count). The molecule has 3 aromatic rings.